The van der Waals surface area contributed by atoms with E-state index < -0.39 is 0 Å². The van der Waals surface area contributed by atoms with Gasteiger partial charge in [-0.1, -0.05) is 11.6 Å². The zero-order chi connectivity index (χ0) is 17.9. The summed E-state index contributed by atoms with van der Waals surface area (Å²) < 4.78 is 5.50. The Kier molecular flexibility index (Phi) is 9.19. The Hall–Kier alpha value is -1.79. The number of halogens is 1. The molecule has 1 aromatic carbocycles. The highest BCUT2D eigenvalue weighted by molar-refractivity contribution is 6.30. The van der Waals surface area contributed by atoms with Gasteiger partial charge in [-0.05, 0) is 38.1 Å². The van der Waals surface area contributed by atoms with Crippen LogP contribution in [-0.4, -0.2) is 63.1 Å². The molecular formula is C17H27ClN3O3+. The van der Waals surface area contributed by atoms with E-state index in [4.69, 9.17) is 16.3 Å². The monoisotopic (exact) mass is 356 g/mol. The molecule has 0 aliphatic heterocycles. The van der Waals surface area contributed by atoms with Gasteiger partial charge in [-0.3, -0.25) is 9.59 Å². The van der Waals surface area contributed by atoms with Crippen LogP contribution < -0.4 is 15.0 Å². The maximum atomic E-state index is 12.0. The minimum absolute atomic E-state index is 0.0661. The zero-order valence-corrected chi connectivity index (χ0v) is 15.4. The van der Waals surface area contributed by atoms with Gasteiger partial charge in [-0.25, -0.2) is 0 Å². The predicted molar refractivity (Wildman–Crippen MR) is 94.5 cm³/mol. The second-order valence-electron chi connectivity index (χ2n) is 5.53. The van der Waals surface area contributed by atoms with E-state index in [1.165, 1.54) is 0 Å². The predicted octanol–water partition coefficient (Wildman–Crippen LogP) is 0.218. The molecule has 1 rings (SSSR count). The number of ether oxygens (including phenoxy) is 1. The van der Waals surface area contributed by atoms with E-state index in [1.54, 1.807) is 29.2 Å². The lowest BCUT2D eigenvalue weighted by Crippen LogP contribution is -3.11. The zero-order valence-electron chi connectivity index (χ0n) is 14.6. The SMILES string of the molecule is CCN(CC)C(=O)C[NH+](C)CC(=O)NCCOc1ccc(Cl)cc1. The van der Waals surface area contributed by atoms with E-state index in [-0.39, 0.29) is 18.4 Å². The van der Waals surface area contributed by atoms with Crippen molar-refractivity contribution in [1.29, 1.82) is 0 Å². The highest BCUT2D eigenvalue weighted by atomic mass is 35.5. The molecular weight excluding hydrogens is 330 g/mol. The number of carbonyl (C=O) groups is 2. The number of rotatable bonds is 10. The molecule has 1 aromatic rings. The molecule has 0 saturated carbocycles. The molecule has 1 unspecified atom stereocenters. The Morgan fingerprint density at radius 3 is 2.38 bits per heavy atom. The van der Waals surface area contributed by atoms with Crippen molar-refractivity contribution < 1.29 is 19.2 Å². The van der Waals surface area contributed by atoms with Gasteiger partial charge in [0.05, 0.1) is 13.6 Å². The first-order chi connectivity index (χ1) is 11.5. The molecule has 0 heterocycles. The largest absolute Gasteiger partial charge is 0.492 e. The number of hydrogen-bond acceptors (Lipinski definition) is 3. The van der Waals surface area contributed by atoms with Crippen LogP contribution in [0.5, 0.6) is 5.75 Å². The van der Waals surface area contributed by atoms with Crippen LogP contribution in [0.1, 0.15) is 13.8 Å². The normalized spacial score (nSPS) is 11.7. The first-order valence-corrected chi connectivity index (χ1v) is 8.58. The smallest absolute Gasteiger partial charge is 0.277 e. The number of likely N-dealkylation sites (N-methyl/N-ethyl adjacent to an activating group) is 2. The van der Waals surface area contributed by atoms with E-state index in [1.807, 2.05) is 20.9 Å². The summed E-state index contributed by atoms with van der Waals surface area (Å²) in [6, 6.07) is 7.06. The lowest BCUT2D eigenvalue weighted by molar-refractivity contribution is -0.863. The van der Waals surface area contributed by atoms with Crippen molar-refractivity contribution in [3.63, 3.8) is 0 Å². The maximum absolute atomic E-state index is 12.0. The summed E-state index contributed by atoms with van der Waals surface area (Å²) >= 11 is 5.80. The second-order valence-corrected chi connectivity index (χ2v) is 5.97. The number of nitrogens with one attached hydrogen (secondary N) is 2. The van der Waals surface area contributed by atoms with E-state index >= 15 is 0 Å². The van der Waals surface area contributed by atoms with Crippen LogP contribution in [-0.2, 0) is 9.59 Å². The molecule has 0 aliphatic rings. The van der Waals surface area contributed by atoms with Gasteiger partial charge in [0, 0.05) is 18.1 Å². The molecule has 134 valence electrons. The summed E-state index contributed by atoms with van der Waals surface area (Å²) in [4.78, 5) is 26.5. The van der Waals surface area contributed by atoms with E-state index in [9.17, 15) is 9.59 Å². The summed E-state index contributed by atoms with van der Waals surface area (Å²) in [6.45, 7) is 6.65. The van der Waals surface area contributed by atoms with Crippen molar-refractivity contribution in [3.05, 3.63) is 29.3 Å². The molecule has 0 fully saturated rings. The summed E-state index contributed by atoms with van der Waals surface area (Å²) in [5, 5.41) is 3.44. The third kappa shape index (κ3) is 7.66. The Bertz CT molecular complexity index is 518. The highest BCUT2D eigenvalue weighted by Crippen LogP contribution is 2.14. The molecule has 1 atom stereocenters. The van der Waals surface area contributed by atoms with Crippen LogP contribution in [0.15, 0.2) is 24.3 Å². The number of carbonyl (C=O) groups excluding carboxylic acids is 2. The minimum Gasteiger partial charge on any atom is -0.492 e. The molecule has 0 bridgehead atoms. The van der Waals surface area contributed by atoms with E-state index in [0.717, 1.165) is 4.90 Å². The van der Waals surface area contributed by atoms with Gasteiger partial charge < -0.3 is 19.9 Å². The van der Waals surface area contributed by atoms with E-state index in [0.29, 0.717) is 43.6 Å². The van der Waals surface area contributed by atoms with Crippen LogP contribution in [0.4, 0.5) is 0 Å². The van der Waals surface area contributed by atoms with Crippen LogP contribution in [0, 0.1) is 0 Å². The fourth-order valence-electron chi connectivity index (χ4n) is 2.24. The van der Waals surface area contributed by atoms with Crippen molar-refractivity contribution >= 4 is 23.4 Å². The van der Waals surface area contributed by atoms with Gasteiger partial charge in [-0.15, -0.1) is 0 Å². The van der Waals surface area contributed by atoms with Gasteiger partial charge in [0.1, 0.15) is 12.4 Å². The van der Waals surface area contributed by atoms with Crippen LogP contribution in [0.25, 0.3) is 0 Å². The molecule has 7 heteroatoms. The van der Waals surface area contributed by atoms with Crippen molar-refractivity contribution in [3.8, 4) is 5.75 Å². The van der Waals surface area contributed by atoms with Crippen LogP contribution >= 0.6 is 11.6 Å². The fraction of sp³-hybridized carbons (Fsp3) is 0.529. The summed E-state index contributed by atoms with van der Waals surface area (Å²) in [5.41, 5.74) is 0. The van der Waals surface area contributed by atoms with Gasteiger partial charge in [0.25, 0.3) is 11.8 Å². The third-order valence-corrected chi connectivity index (χ3v) is 3.79. The molecule has 0 radical (unpaired) electrons. The topological polar surface area (TPSA) is 63.1 Å². The van der Waals surface area contributed by atoms with Crippen molar-refractivity contribution in [1.82, 2.24) is 10.2 Å². The average Bonchev–Trinajstić information content (AvgIpc) is 2.54. The lowest BCUT2D eigenvalue weighted by atomic mass is 10.3. The standard InChI is InChI=1S/C17H26ClN3O3/c1-4-21(5-2)17(23)13-20(3)12-16(22)19-10-11-24-15-8-6-14(18)7-9-15/h6-9H,4-5,10-13H2,1-3H3,(H,19,22)/p+1. The Labute approximate surface area is 148 Å². The second kappa shape index (κ2) is 10.9. The Morgan fingerprint density at radius 2 is 1.79 bits per heavy atom. The molecule has 0 aliphatic carbocycles. The van der Waals surface area contributed by atoms with Crippen molar-refractivity contribution in [2.24, 2.45) is 0 Å². The molecule has 24 heavy (non-hydrogen) atoms. The Balaban J connectivity index is 2.21. The van der Waals surface area contributed by atoms with Crippen molar-refractivity contribution in [2.75, 3.05) is 46.4 Å². The first-order valence-electron chi connectivity index (χ1n) is 8.20. The molecule has 0 saturated heterocycles. The number of benzene rings is 1. The maximum Gasteiger partial charge on any atom is 0.277 e. The average molecular weight is 357 g/mol. The summed E-state index contributed by atoms with van der Waals surface area (Å²) in [5.74, 6) is 0.678. The van der Waals surface area contributed by atoms with Gasteiger partial charge in [-0.2, -0.15) is 0 Å². The quantitative estimate of drug-likeness (QED) is 0.589. The molecule has 0 spiro atoms. The number of nitrogens with zero attached hydrogens (tertiary/aromatic N) is 1. The van der Waals surface area contributed by atoms with Gasteiger partial charge >= 0.3 is 0 Å². The number of quaternary nitrogens is 1. The number of amides is 2. The lowest BCUT2D eigenvalue weighted by Gasteiger charge is -2.20. The first kappa shape index (κ1) is 20.3. The third-order valence-electron chi connectivity index (χ3n) is 3.54. The molecule has 2 amide bonds. The molecule has 6 nitrogen and oxygen atoms in total. The van der Waals surface area contributed by atoms with Crippen LogP contribution in [0.2, 0.25) is 5.02 Å². The van der Waals surface area contributed by atoms with Gasteiger partial charge in [0.2, 0.25) is 0 Å². The minimum atomic E-state index is -0.0976. The molecule has 0 aromatic heterocycles. The Morgan fingerprint density at radius 1 is 1.17 bits per heavy atom. The highest BCUT2D eigenvalue weighted by Gasteiger charge is 2.17. The van der Waals surface area contributed by atoms with Gasteiger partial charge in [0.15, 0.2) is 13.1 Å². The van der Waals surface area contributed by atoms with Crippen LogP contribution in [0.3, 0.4) is 0 Å². The number of hydrogen-bond donors (Lipinski definition) is 2. The summed E-state index contributed by atoms with van der Waals surface area (Å²) in [7, 11) is 1.84. The van der Waals surface area contributed by atoms with Crippen molar-refractivity contribution in [2.45, 2.75) is 13.8 Å². The molecule has 2 N–H and O–H groups in total. The fourth-order valence-corrected chi connectivity index (χ4v) is 2.36. The summed E-state index contributed by atoms with van der Waals surface area (Å²) in [6.07, 6.45) is 0. The van der Waals surface area contributed by atoms with E-state index in [2.05, 4.69) is 5.32 Å².